The molecule has 33 heavy (non-hydrogen) atoms. The number of nitrogens with zero attached hydrogens (tertiary/aromatic N) is 4. The average Bonchev–Trinajstić information content (AvgIpc) is 3.37. The van der Waals surface area contributed by atoms with Gasteiger partial charge < -0.3 is 24.9 Å². The molecule has 0 spiro atoms. The van der Waals surface area contributed by atoms with E-state index in [1.165, 1.54) is 4.68 Å². The maximum absolute atomic E-state index is 12.7. The number of nitrogens with one attached hydrogen (secondary N) is 1. The van der Waals surface area contributed by atoms with Crippen LogP contribution in [0.25, 0.3) is 11.5 Å². The van der Waals surface area contributed by atoms with E-state index >= 15 is 0 Å². The molecule has 2 aromatic carbocycles. The van der Waals surface area contributed by atoms with Gasteiger partial charge in [0.2, 0.25) is 5.89 Å². The number of oxazole rings is 1. The van der Waals surface area contributed by atoms with Crippen LogP contribution in [0.4, 0.5) is 11.5 Å². The normalized spacial score (nSPS) is 10.8. The summed E-state index contributed by atoms with van der Waals surface area (Å²) in [6.45, 7) is 4.44. The van der Waals surface area contributed by atoms with E-state index in [0.29, 0.717) is 41.1 Å². The predicted octanol–water partition coefficient (Wildman–Crippen LogP) is 3.53. The Morgan fingerprint density at radius 3 is 2.82 bits per heavy atom. The first kappa shape index (κ1) is 21.9. The number of rotatable bonds is 8. The van der Waals surface area contributed by atoms with Crippen LogP contribution in [0.2, 0.25) is 0 Å². The van der Waals surface area contributed by atoms with Gasteiger partial charge in [0, 0.05) is 11.8 Å². The van der Waals surface area contributed by atoms with E-state index in [4.69, 9.17) is 19.6 Å². The third-order valence-electron chi connectivity index (χ3n) is 4.93. The fraction of sp³-hybridized carbons (Fsp3) is 0.217. The van der Waals surface area contributed by atoms with E-state index in [9.17, 15) is 4.79 Å². The van der Waals surface area contributed by atoms with Crippen molar-refractivity contribution in [3.63, 3.8) is 0 Å². The average molecular weight is 448 g/mol. The number of carbonyl (C=O) groups excluding carboxylic acids is 1. The van der Waals surface area contributed by atoms with Gasteiger partial charge in [-0.15, -0.1) is 5.10 Å². The number of nitrogen functional groups attached to an aromatic ring is 1. The Morgan fingerprint density at radius 2 is 2.03 bits per heavy atom. The van der Waals surface area contributed by atoms with Crippen LogP contribution >= 0.6 is 0 Å². The molecule has 170 valence electrons. The van der Waals surface area contributed by atoms with Crippen LogP contribution in [-0.4, -0.2) is 39.6 Å². The zero-order valence-electron chi connectivity index (χ0n) is 18.5. The van der Waals surface area contributed by atoms with Crippen molar-refractivity contribution in [2.75, 3.05) is 24.8 Å². The Kier molecular flexibility index (Phi) is 6.25. The van der Waals surface area contributed by atoms with Crippen LogP contribution in [0.1, 0.15) is 28.9 Å². The lowest BCUT2D eigenvalue weighted by Crippen LogP contribution is -2.15. The monoisotopic (exact) mass is 448 g/mol. The van der Waals surface area contributed by atoms with Gasteiger partial charge >= 0.3 is 0 Å². The van der Waals surface area contributed by atoms with E-state index in [1.54, 1.807) is 38.3 Å². The van der Waals surface area contributed by atoms with Crippen molar-refractivity contribution in [3.8, 4) is 23.0 Å². The lowest BCUT2D eigenvalue weighted by Gasteiger charge is -2.06. The van der Waals surface area contributed by atoms with E-state index in [0.717, 1.165) is 5.56 Å². The van der Waals surface area contributed by atoms with Gasteiger partial charge in [0.05, 0.1) is 25.8 Å². The van der Waals surface area contributed by atoms with Crippen LogP contribution < -0.4 is 20.5 Å². The molecular weight excluding hydrogens is 424 g/mol. The highest BCUT2D eigenvalue weighted by Gasteiger charge is 2.21. The topological polar surface area (TPSA) is 130 Å². The molecule has 0 saturated carbocycles. The van der Waals surface area contributed by atoms with Crippen molar-refractivity contribution in [2.24, 2.45) is 0 Å². The minimum Gasteiger partial charge on any atom is -0.497 e. The number of carbonyl (C=O) groups is 1. The van der Waals surface area contributed by atoms with Crippen molar-refractivity contribution < 1.29 is 18.7 Å². The van der Waals surface area contributed by atoms with Crippen molar-refractivity contribution >= 4 is 17.4 Å². The number of ether oxygens (including phenoxy) is 2. The molecule has 4 aromatic rings. The number of aryl methyl sites for hydroxylation is 1. The van der Waals surface area contributed by atoms with Crippen LogP contribution in [0.5, 0.6) is 11.5 Å². The van der Waals surface area contributed by atoms with Crippen molar-refractivity contribution in [2.45, 2.75) is 20.4 Å². The third kappa shape index (κ3) is 4.64. The van der Waals surface area contributed by atoms with Gasteiger partial charge in [0.25, 0.3) is 5.91 Å². The third-order valence-corrected chi connectivity index (χ3v) is 4.93. The van der Waals surface area contributed by atoms with Crippen LogP contribution in [0.3, 0.4) is 0 Å². The van der Waals surface area contributed by atoms with Gasteiger partial charge in [-0.2, -0.15) is 0 Å². The molecule has 0 saturated heterocycles. The summed E-state index contributed by atoms with van der Waals surface area (Å²) >= 11 is 0. The van der Waals surface area contributed by atoms with E-state index in [2.05, 4.69) is 20.6 Å². The number of para-hydroxylation sites is 1. The molecule has 0 aliphatic rings. The van der Waals surface area contributed by atoms with Gasteiger partial charge in [-0.05, 0) is 38.1 Å². The summed E-state index contributed by atoms with van der Waals surface area (Å²) in [7, 11) is 1.55. The lowest BCUT2D eigenvalue weighted by atomic mass is 10.2. The van der Waals surface area contributed by atoms with Crippen molar-refractivity contribution in [1.29, 1.82) is 0 Å². The smallest absolute Gasteiger partial charge is 0.280 e. The molecule has 0 fully saturated rings. The van der Waals surface area contributed by atoms with Crippen LogP contribution in [-0.2, 0) is 6.54 Å². The summed E-state index contributed by atoms with van der Waals surface area (Å²) in [6.07, 6.45) is 0. The molecule has 2 heterocycles. The minimum absolute atomic E-state index is 0.0147. The molecule has 0 aliphatic carbocycles. The molecule has 10 nitrogen and oxygen atoms in total. The number of anilines is 2. The Hall–Kier alpha value is -4.34. The zero-order valence-corrected chi connectivity index (χ0v) is 18.5. The Labute approximate surface area is 190 Å². The maximum atomic E-state index is 12.7. The number of methoxy groups -OCH3 is 1. The summed E-state index contributed by atoms with van der Waals surface area (Å²) in [5, 5.41) is 10.7. The summed E-state index contributed by atoms with van der Waals surface area (Å²) in [5.74, 6) is 1.98. The minimum atomic E-state index is -0.477. The number of nitrogens with two attached hydrogens (primary N) is 1. The molecule has 2 aromatic heterocycles. The van der Waals surface area contributed by atoms with Gasteiger partial charge in [-0.25, -0.2) is 9.67 Å². The summed E-state index contributed by atoms with van der Waals surface area (Å²) < 4.78 is 18.1. The Balaban J connectivity index is 1.54. The molecule has 4 rings (SSSR count). The van der Waals surface area contributed by atoms with Crippen molar-refractivity contribution in [1.82, 2.24) is 20.0 Å². The standard InChI is InChI=1S/C23H24N6O4/c1-4-32-19-11-6-5-10-17(19)23-26-18(14(2)33-23)13-29-21(24)20(27-28-29)22(30)25-15-8-7-9-16(12-15)31-3/h5-12H,4,13,24H2,1-3H3,(H,25,30). The number of hydrogen-bond acceptors (Lipinski definition) is 8. The highest BCUT2D eigenvalue weighted by molar-refractivity contribution is 6.05. The number of aromatic nitrogens is 4. The molecule has 1 amide bonds. The Bertz CT molecular complexity index is 1280. The van der Waals surface area contributed by atoms with Crippen LogP contribution in [0, 0.1) is 6.92 Å². The zero-order chi connectivity index (χ0) is 23.4. The molecule has 0 bridgehead atoms. The van der Waals surface area contributed by atoms with Crippen molar-refractivity contribution in [3.05, 3.63) is 65.7 Å². The largest absolute Gasteiger partial charge is 0.497 e. The van der Waals surface area contributed by atoms with Gasteiger partial charge in [0.15, 0.2) is 11.5 Å². The SMILES string of the molecule is CCOc1ccccc1-c1nc(Cn2nnc(C(=O)Nc3cccc(OC)c3)c2N)c(C)o1. The first-order chi connectivity index (χ1) is 16.0. The quantitative estimate of drug-likeness (QED) is 0.419. The first-order valence-electron chi connectivity index (χ1n) is 10.3. The number of benzene rings is 2. The highest BCUT2D eigenvalue weighted by atomic mass is 16.5. The summed E-state index contributed by atoms with van der Waals surface area (Å²) in [4.78, 5) is 17.3. The lowest BCUT2D eigenvalue weighted by molar-refractivity contribution is 0.102. The molecule has 10 heteroatoms. The van der Waals surface area contributed by atoms with E-state index < -0.39 is 5.91 Å². The van der Waals surface area contributed by atoms with Crippen LogP contribution in [0.15, 0.2) is 52.9 Å². The van der Waals surface area contributed by atoms with Gasteiger partial charge in [0.1, 0.15) is 23.0 Å². The molecule has 0 unspecified atom stereocenters. The van der Waals surface area contributed by atoms with Gasteiger partial charge in [-0.3, -0.25) is 4.79 Å². The Morgan fingerprint density at radius 1 is 1.21 bits per heavy atom. The summed E-state index contributed by atoms with van der Waals surface area (Å²) in [6, 6.07) is 14.5. The van der Waals surface area contributed by atoms with E-state index in [-0.39, 0.29) is 18.1 Å². The fourth-order valence-corrected chi connectivity index (χ4v) is 3.25. The molecule has 0 radical (unpaired) electrons. The second-order valence-electron chi connectivity index (χ2n) is 7.12. The summed E-state index contributed by atoms with van der Waals surface area (Å²) in [5.41, 5.74) is 8.10. The molecule has 0 aliphatic heterocycles. The number of hydrogen-bond donors (Lipinski definition) is 2. The van der Waals surface area contributed by atoms with E-state index in [1.807, 2.05) is 31.2 Å². The van der Waals surface area contributed by atoms with Gasteiger partial charge in [-0.1, -0.05) is 23.4 Å². The molecule has 0 atom stereocenters. The highest BCUT2D eigenvalue weighted by Crippen LogP contribution is 2.31. The predicted molar refractivity (Wildman–Crippen MR) is 122 cm³/mol. The molecule has 3 N–H and O–H groups in total. The fourth-order valence-electron chi connectivity index (χ4n) is 3.25. The number of amides is 1. The first-order valence-corrected chi connectivity index (χ1v) is 10.3. The second kappa shape index (κ2) is 9.43. The molecular formula is C23H24N6O4. The second-order valence-corrected chi connectivity index (χ2v) is 7.12. The maximum Gasteiger partial charge on any atom is 0.280 e.